The van der Waals surface area contributed by atoms with Gasteiger partial charge in [-0.25, -0.2) is 14.8 Å². The average Bonchev–Trinajstić information content (AvgIpc) is 3.80. The maximum Gasteiger partial charge on any atom is 0.410 e. The molecule has 3 aliphatic rings. The van der Waals surface area contributed by atoms with Gasteiger partial charge in [0.25, 0.3) is 0 Å². The van der Waals surface area contributed by atoms with Crippen LogP contribution < -0.4 is 5.73 Å². The van der Waals surface area contributed by atoms with Gasteiger partial charge in [0.15, 0.2) is 17.7 Å². The van der Waals surface area contributed by atoms with Crippen molar-refractivity contribution < 1.29 is 48.0 Å². The number of carbonyl (C=O) groups excluding carboxylic acids is 4. The Balaban J connectivity index is 1.43. The Morgan fingerprint density at radius 3 is 2.27 bits per heavy atom. The van der Waals surface area contributed by atoms with Crippen LogP contribution in [-0.2, 0) is 44.6 Å². The summed E-state index contributed by atoms with van der Waals surface area (Å²) >= 11 is 0. The van der Waals surface area contributed by atoms with E-state index in [1.807, 2.05) is 38.9 Å². The molecule has 3 N–H and O–H groups in total. The lowest BCUT2D eigenvalue weighted by molar-refractivity contribution is -0.296. The third-order valence-electron chi connectivity index (χ3n) is 13.2. The fourth-order valence-corrected chi connectivity index (χ4v) is 9.55. The number of aliphatic hydroxyl groups excluding tert-OH is 1. The van der Waals surface area contributed by atoms with Gasteiger partial charge >= 0.3 is 12.1 Å². The summed E-state index contributed by atoms with van der Waals surface area (Å²) in [6, 6.07) is -1.08. The lowest BCUT2D eigenvalue weighted by Gasteiger charge is -2.47. The van der Waals surface area contributed by atoms with Crippen LogP contribution in [0.2, 0.25) is 0 Å². The molecule has 2 aromatic rings. The van der Waals surface area contributed by atoms with E-state index in [0.29, 0.717) is 32.4 Å². The first-order valence-electron chi connectivity index (χ1n) is 21.4. The minimum absolute atomic E-state index is 0.119. The van der Waals surface area contributed by atoms with Crippen molar-refractivity contribution in [2.75, 3.05) is 33.0 Å². The molecule has 0 aromatic carbocycles. The Morgan fingerprint density at radius 1 is 0.967 bits per heavy atom. The predicted molar refractivity (Wildman–Crippen MR) is 221 cm³/mol. The van der Waals surface area contributed by atoms with Crippen LogP contribution in [0.5, 0.6) is 0 Å². The number of anilines is 1. The molecule has 5 heterocycles. The van der Waals surface area contributed by atoms with Gasteiger partial charge in [0, 0.05) is 73.7 Å². The zero-order valence-electron chi connectivity index (χ0n) is 37.2. The van der Waals surface area contributed by atoms with E-state index in [9.17, 15) is 24.3 Å². The third kappa shape index (κ3) is 9.70. The number of ether oxygens (including phenoxy) is 5. The Labute approximate surface area is 354 Å². The lowest BCUT2D eigenvalue weighted by atomic mass is 9.73. The summed E-state index contributed by atoms with van der Waals surface area (Å²) < 4.78 is 33.1. The Morgan fingerprint density at radius 2 is 1.63 bits per heavy atom. The quantitative estimate of drug-likeness (QED) is 0.173. The van der Waals surface area contributed by atoms with Crippen molar-refractivity contribution >= 4 is 29.6 Å². The number of ketones is 2. The highest BCUT2D eigenvalue weighted by atomic mass is 16.7. The van der Waals surface area contributed by atoms with E-state index in [1.165, 1.54) is 14.0 Å². The van der Waals surface area contributed by atoms with Gasteiger partial charge in [-0.2, -0.15) is 5.10 Å². The molecule has 0 spiro atoms. The second-order valence-corrected chi connectivity index (χ2v) is 17.5. The summed E-state index contributed by atoms with van der Waals surface area (Å²) in [4.78, 5) is 68.7. The van der Waals surface area contributed by atoms with Crippen molar-refractivity contribution in [2.45, 2.75) is 155 Å². The molecule has 0 saturated carbocycles. The summed E-state index contributed by atoms with van der Waals surface area (Å²) in [5, 5.41) is 16.0. The molecular formula is C43H67N7O10. The van der Waals surface area contributed by atoms with Gasteiger partial charge in [0.05, 0.1) is 30.0 Å². The predicted octanol–water partition coefficient (Wildman–Crippen LogP) is 4.30. The van der Waals surface area contributed by atoms with Crippen LogP contribution in [-0.4, -0.2) is 140 Å². The van der Waals surface area contributed by atoms with E-state index in [0.717, 1.165) is 11.1 Å². The van der Waals surface area contributed by atoms with Gasteiger partial charge in [-0.05, 0) is 73.4 Å². The molecule has 0 aliphatic carbocycles. The van der Waals surface area contributed by atoms with Crippen LogP contribution >= 0.6 is 0 Å². The smallest absolute Gasteiger partial charge is 0.410 e. The molecule has 17 nitrogen and oxygen atoms in total. The molecule has 3 aliphatic heterocycles. The first-order valence-corrected chi connectivity index (χ1v) is 21.4. The van der Waals surface area contributed by atoms with Crippen LogP contribution in [0.1, 0.15) is 94.4 Å². The van der Waals surface area contributed by atoms with Gasteiger partial charge in [-0.3, -0.25) is 19.1 Å². The first-order chi connectivity index (χ1) is 28.3. The maximum atomic E-state index is 14.7. The van der Waals surface area contributed by atoms with E-state index in [1.54, 1.807) is 62.8 Å². The molecule has 17 heteroatoms. The number of cyclic esters (lactones) is 1. The van der Waals surface area contributed by atoms with Crippen molar-refractivity contribution in [2.24, 2.45) is 23.7 Å². The number of carbonyl (C=O) groups is 4. The molecular weight excluding hydrogens is 775 g/mol. The zero-order valence-corrected chi connectivity index (χ0v) is 37.2. The van der Waals surface area contributed by atoms with Crippen molar-refractivity contribution in [3.63, 3.8) is 0 Å². The number of hydrogen-bond donors (Lipinski definition) is 2. The van der Waals surface area contributed by atoms with E-state index in [4.69, 9.17) is 29.4 Å². The highest BCUT2D eigenvalue weighted by molar-refractivity contribution is 6.00. The number of fused-ring (bicyclic) bond motifs is 1. The third-order valence-corrected chi connectivity index (χ3v) is 13.2. The monoisotopic (exact) mass is 841 g/mol. The minimum Gasteiger partial charge on any atom is -0.458 e. The van der Waals surface area contributed by atoms with Gasteiger partial charge in [-0.1, -0.05) is 34.6 Å². The number of unbranched alkanes of at least 4 members (excludes halogenated alkanes) is 1. The molecule has 5 rings (SSSR count). The summed E-state index contributed by atoms with van der Waals surface area (Å²) in [6.07, 6.45) is 3.96. The molecule has 2 aromatic heterocycles. The second kappa shape index (κ2) is 19.3. The van der Waals surface area contributed by atoms with E-state index in [2.05, 4.69) is 15.1 Å². The summed E-state index contributed by atoms with van der Waals surface area (Å²) in [5.74, 6) is -4.85. The highest BCUT2D eigenvalue weighted by Gasteiger charge is 2.60. The standard InChI is InChI=1S/C43H67N7O10/c1-12-32-43(9)36(50(41(55)60-43)17-15-14-16-49-23-30(22-47-49)29-20-45-40(44)46-21-29)26(5)33(51)24(3)19-42(8,56-11)37(27(6)34(52)28(7)38(54)58-32)59-39-35(53)31(48(10)13-2)18-25(4)57-39/h20-28,31-32,35-37,39,53H,12-19H2,1-11H3,(H2,44,45,46)/t24-,25-,26+,27+,28-,31+,32-,35-,36+,37-,39+,42-,43-/m1/s1. The fraction of sp³-hybridized carbons (Fsp3) is 0.744. The van der Waals surface area contributed by atoms with Crippen molar-refractivity contribution in [3.05, 3.63) is 24.8 Å². The van der Waals surface area contributed by atoms with Crippen molar-refractivity contribution in [3.8, 4) is 11.1 Å². The highest BCUT2D eigenvalue weighted by Crippen LogP contribution is 2.43. The zero-order chi connectivity index (χ0) is 44.3. The number of rotatable bonds is 12. The van der Waals surface area contributed by atoms with Gasteiger partial charge in [0.2, 0.25) is 5.95 Å². The summed E-state index contributed by atoms with van der Waals surface area (Å²) in [6.45, 7) is 17.5. The van der Waals surface area contributed by atoms with E-state index >= 15 is 0 Å². The number of likely N-dealkylation sites (N-methyl/N-ethyl adjacent to an activating group) is 1. The number of Topliss-reactive ketones (excluding diaryl/α,β-unsaturated/α-hetero) is 2. The number of methoxy groups -OCH3 is 1. The minimum atomic E-state index is -1.42. The largest absolute Gasteiger partial charge is 0.458 e. The molecule has 334 valence electrons. The number of amides is 1. The summed E-state index contributed by atoms with van der Waals surface area (Å²) in [5.41, 5.74) is 4.56. The van der Waals surface area contributed by atoms with Gasteiger partial charge in [-0.15, -0.1) is 0 Å². The first kappa shape index (κ1) is 47.0. The normalized spacial score (nSPS) is 35.9. The molecule has 3 saturated heterocycles. The van der Waals surface area contributed by atoms with Crippen LogP contribution in [0.4, 0.5) is 10.7 Å². The molecule has 0 unspecified atom stereocenters. The van der Waals surface area contributed by atoms with E-state index in [-0.39, 0.29) is 43.3 Å². The van der Waals surface area contributed by atoms with Gasteiger partial charge < -0.3 is 44.3 Å². The van der Waals surface area contributed by atoms with E-state index < -0.39 is 83.4 Å². The maximum absolute atomic E-state index is 14.7. The van der Waals surface area contributed by atoms with Crippen LogP contribution in [0, 0.1) is 23.7 Å². The van der Waals surface area contributed by atoms with Crippen molar-refractivity contribution in [1.82, 2.24) is 29.5 Å². The fourth-order valence-electron chi connectivity index (χ4n) is 9.55. The number of nitrogens with zero attached hydrogens (tertiary/aromatic N) is 6. The number of esters is 1. The number of aromatic nitrogens is 4. The van der Waals surface area contributed by atoms with Crippen LogP contribution in [0.15, 0.2) is 24.8 Å². The number of aliphatic hydroxyl groups is 1. The molecule has 0 radical (unpaired) electrons. The Bertz CT molecular complexity index is 1810. The second-order valence-electron chi connectivity index (χ2n) is 17.5. The van der Waals surface area contributed by atoms with Crippen molar-refractivity contribution in [1.29, 1.82) is 0 Å². The van der Waals surface area contributed by atoms with Gasteiger partial charge in [0.1, 0.15) is 23.9 Å². The molecule has 0 bridgehead atoms. The Kier molecular flexibility index (Phi) is 15.2. The van der Waals surface area contributed by atoms with Crippen LogP contribution in [0.25, 0.3) is 11.1 Å². The molecule has 3 fully saturated rings. The molecule has 1 amide bonds. The summed E-state index contributed by atoms with van der Waals surface area (Å²) in [7, 11) is 3.42. The average molecular weight is 842 g/mol. The number of nitrogen functional groups attached to an aromatic ring is 1. The van der Waals surface area contributed by atoms with Crippen LogP contribution in [0.3, 0.4) is 0 Å². The topological polar surface area (TPSA) is 211 Å². The Hall–Kier alpha value is -4.03. The number of nitrogens with two attached hydrogens (primary N) is 1. The lowest BCUT2D eigenvalue weighted by Crippen LogP contribution is -2.60. The SMILES string of the molecule is CC[C@H]1OC(=O)[C@H](C)C(=O)[C@H](C)[C@@H](O[C@@H]2O[C@H](C)C[C@H](N(C)CC)[C@H]2O)[C@](C)(OC)C[C@@H](C)C(=O)[C@H](C)[C@@H]2N(CCCCn3cc(-c4cnc(N)nc4)cn3)C(=O)O[C@@]21C. The number of aryl methyl sites for hydroxylation is 1. The number of hydrogen-bond acceptors (Lipinski definition) is 15. The molecule has 13 atom stereocenters. The molecule has 60 heavy (non-hydrogen) atoms.